The number of carbonyl (C=O) groups excluding carboxylic acids is 1. The van der Waals surface area contributed by atoms with Gasteiger partial charge in [0, 0.05) is 24.7 Å². The van der Waals surface area contributed by atoms with Crippen LogP contribution in [0.25, 0.3) is 0 Å². The number of amides is 1. The molecule has 0 saturated carbocycles. The van der Waals surface area contributed by atoms with Gasteiger partial charge < -0.3 is 9.80 Å². The highest BCUT2D eigenvalue weighted by Crippen LogP contribution is 2.29. The van der Waals surface area contributed by atoms with Crippen LogP contribution in [0.2, 0.25) is 0 Å². The highest BCUT2D eigenvalue weighted by molar-refractivity contribution is 5.94. The molecule has 0 atom stereocenters. The van der Waals surface area contributed by atoms with Crippen molar-refractivity contribution in [2.24, 2.45) is 0 Å². The Bertz CT molecular complexity index is 557. The molecule has 0 unspecified atom stereocenters. The first kappa shape index (κ1) is 17.3. The molecule has 0 spiro atoms. The maximum Gasteiger partial charge on any atom is 0.416 e. The van der Waals surface area contributed by atoms with Gasteiger partial charge >= 0.3 is 6.18 Å². The summed E-state index contributed by atoms with van der Waals surface area (Å²) < 4.78 is 37.8. The van der Waals surface area contributed by atoms with E-state index in [1.165, 1.54) is 31.4 Å². The van der Waals surface area contributed by atoms with Crippen molar-refractivity contribution in [3.63, 3.8) is 0 Å². The first-order valence-corrected chi connectivity index (χ1v) is 8.66. The topological polar surface area (TPSA) is 23.6 Å². The molecular weight excluding hydrogens is 317 g/mol. The molecule has 1 aromatic rings. The molecule has 2 saturated heterocycles. The van der Waals surface area contributed by atoms with E-state index in [1.807, 2.05) is 0 Å². The van der Waals surface area contributed by atoms with E-state index in [0.29, 0.717) is 24.7 Å². The van der Waals surface area contributed by atoms with E-state index in [4.69, 9.17) is 0 Å². The molecule has 3 nitrogen and oxygen atoms in total. The Morgan fingerprint density at radius 2 is 1.50 bits per heavy atom. The number of hydrogen-bond donors (Lipinski definition) is 0. The van der Waals surface area contributed by atoms with Crippen LogP contribution in [0, 0.1) is 0 Å². The maximum absolute atomic E-state index is 12.6. The van der Waals surface area contributed by atoms with E-state index in [-0.39, 0.29) is 5.91 Å². The summed E-state index contributed by atoms with van der Waals surface area (Å²) in [7, 11) is 0. The number of nitrogens with zero attached hydrogens (tertiary/aromatic N) is 2. The van der Waals surface area contributed by atoms with Crippen LogP contribution in [0.3, 0.4) is 0 Å². The second-order valence-corrected chi connectivity index (χ2v) is 6.70. The third kappa shape index (κ3) is 3.91. The fourth-order valence-corrected chi connectivity index (χ4v) is 3.70. The van der Waals surface area contributed by atoms with E-state index < -0.39 is 11.7 Å². The highest BCUT2D eigenvalue weighted by Gasteiger charge is 2.31. The number of rotatable bonds is 2. The third-order valence-corrected chi connectivity index (χ3v) is 5.12. The molecule has 0 aliphatic carbocycles. The summed E-state index contributed by atoms with van der Waals surface area (Å²) in [5.41, 5.74) is -0.387. The summed E-state index contributed by atoms with van der Waals surface area (Å²) >= 11 is 0. The second kappa shape index (κ2) is 7.13. The van der Waals surface area contributed by atoms with E-state index >= 15 is 0 Å². The van der Waals surface area contributed by atoms with Crippen molar-refractivity contribution in [3.05, 3.63) is 35.4 Å². The third-order valence-electron chi connectivity index (χ3n) is 5.12. The first-order chi connectivity index (χ1) is 11.4. The molecule has 6 heteroatoms. The Balaban J connectivity index is 1.56. The minimum Gasteiger partial charge on any atom is -0.339 e. The van der Waals surface area contributed by atoms with Gasteiger partial charge in [0.1, 0.15) is 0 Å². The molecule has 1 aromatic carbocycles. The molecule has 0 N–H and O–H groups in total. The Kier molecular flexibility index (Phi) is 5.13. The number of likely N-dealkylation sites (tertiary alicyclic amines) is 2. The molecule has 24 heavy (non-hydrogen) atoms. The van der Waals surface area contributed by atoms with Gasteiger partial charge in [0.15, 0.2) is 0 Å². The smallest absolute Gasteiger partial charge is 0.339 e. The summed E-state index contributed by atoms with van der Waals surface area (Å²) in [6.45, 7) is 3.66. The van der Waals surface area contributed by atoms with Gasteiger partial charge in [0.05, 0.1) is 5.56 Å². The van der Waals surface area contributed by atoms with Crippen LogP contribution in [-0.4, -0.2) is 47.9 Å². The van der Waals surface area contributed by atoms with Crippen molar-refractivity contribution in [3.8, 4) is 0 Å². The molecule has 2 aliphatic rings. The summed E-state index contributed by atoms with van der Waals surface area (Å²) in [4.78, 5) is 16.8. The second-order valence-electron chi connectivity index (χ2n) is 6.70. The van der Waals surface area contributed by atoms with E-state index in [0.717, 1.165) is 38.1 Å². The van der Waals surface area contributed by atoms with Gasteiger partial charge in [0.2, 0.25) is 0 Å². The zero-order chi connectivity index (χ0) is 17.2. The quantitative estimate of drug-likeness (QED) is 0.818. The molecule has 132 valence electrons. The standard InChI is InChI=1S/C18H23F3N2O/c19-18(20,21)15-6-4-14(5-7-15)17(24)23-12-8-16(9-13-23)22-10-2-1-3-11-22/h4-7,16H,1-3,8-13H2. The van der Waals surface area contributed by atoms with Gasteiger partial charge in [0.25, 0.3) is 5.91 Å². The van der Waals surface area contributed by atoms with Crippen molar-refractivity contribution in [2.75, 3.05) is 26.2 Å². The predicted molar refractivity (Wildman–Crippen MR) is 85.8 cm³/mol. The number of halogens is 3. The Morgan fingerprint density at radius 1 is 0.917 bits per heavy atom. The molecule has 0 radical (unpaired) electrons. The van der Waals surface area contributed by atoms with Crippen LogP contribution in [0.4, 0.5) is 13.2 Å². The van der Waals surface area contributed by atoms with Gasteiger partial charge in [-0.3, -0.25) is 4.79 Å². The number of alkyl halides is 3. The van der Waals surface area contributed by atoms with E-state index in [9.17, 15) is 18.0 Å². The van der Waals surface area contributed by atoms with Crippen molar-refractivity contribution in [1.82, 2.24) is 9.80 Å². The lowest BCUT2D eigenvalue weighted by Crippen LogP contribution is -2.48. The largest absolute Gasteiger partial charge is 0.416 e. The Morgan fingerprint density at radius 3 is 2.04 bits per heavy atom. The van der Waals surface area contributed by atoms with Gasteiger partial charge in [-0.15, -0.1) is 0 Å². The first-order valence-electron chi connectivity index (χ1n) is 8.66. The molecular formula is C18H23F3N2O. The number of hydrogen-bond acceptors (Lipinski definition) is 2. The minimum absolute atomic E-state index is 0.166. The predicted octanol–water partition coefficient (Wildman–Crippen LogP) is 3.80. The normalized spacial score (nSPS) is 21.0. The van der Waals surface area contributed by atoms with Crippen molar-refractivity contribution < 1.29 is 18.0 Å². The van der Waals surface area contributed by atoms with Crippen LogP contribution in [-0.2, 0) is 6.18 Å². The van der Waals surface area contributed by atoms with E-state index in [2.05, 4.69) is 4.90 Å². The number of benzene rings is 1. The van der Waals surface area contributed by atoms with Gasteiger partial charge in [-0.2, -0.15) is 13.2 Å². The monoisotopic (exact) mass is 340 g/mol. The molecule has 1 amide bonds. The molecule has 2 aliphatic heterocycles. The average molecular weight is 340 g/mol. The summed E-state index contributed by atoms with van der Waals surface area (Å²) in [6, 6.07) is 5.06. The maximum atomic E-state index is 12.6. The summed E-state index contributed by atoms with van der Waals surface area (Å²) in [5.74, 6) is -0.166. The molecule has 0 bridgehead atoms. The summed E-state index contributed by atoms with van der Waals surface area (Å²) in [6.07, 6.45) is 1.35. The van der Waals surface area contributed by atoms with E-state index in [1.54, 1.807) is 4.90 Å². The van der Waals surface area contributed by atoms with Crippen LogP contribution in [0.1, 0.15) is 48.0 Å². The van der Waals surface area contributed by atoms with Gasteiger partial charge in [-0.05, 0) is 63.0 Å². The Hall–Kier alpha value is -1.56. The molecule has 2 heterocycles. The van der Waals surface area contributed by atoms with Crippen LogP contribution in [0.5, 0.6) is 0 Å². The van der Waals surface area contributed by atoms with Crippen molar-refractivity contribution >= 4 is 5.91 Å². The minimum atomic E-state index is -4.37. The van der Waals surface area contributed by atoms with Crippen LogP contribution < -0.4 is 0 Å². The zero-order valence-electron chi connectivity index (χ0n) is 13.7. The summed E-state index contributed by atoms with van der Waals surface area (Å²) in [5, 5.41) is 0. The van der Waals surface area contributed by atoms with Crippen molar-refractivity contribution in [2.45, 2.75) is 44.3 Å². The zero-order valence-corrected chi connectivity index (χ0v) is 13.7. The van der Waals surface area contributed by atoms with Crippen LogP contribution in [0.15, 0.2) is 24.3 Å². The van der Waals surface area contributed by atoms with Crippen LogP contribution >= 0.6 is 0 Å². The molecule has 3 rings (SSSR count). The Labute approximate surface area is 140 Å². The molecule has 0 aromatic heterocycles. The van der Waals surface area contributed by atoms with Gasteiger partial charge in [-0.25, -0.2) is 0 Å². The van der Waals surface area contributed by atoms with Gasteiger partial charge in [-0.1, -0.05) is 6.42 Å². The lowest BCUT2D eigenvalue weighted by molar-refractivity contribution is -0.137. The molecule has 2 fully saturated rings. The lowest BCUT2D eigenvalue weighted by Gasteiger charge is -2.40. The fraction of sp³-hybridized carbons (Fsp3) is 0.611. The average Bonchev–Trinajstić information content (AvgIpc) is 2.61. The van der Waals surface area contributed by atoms with Crippen molar-refractivity contribution in [1.29, 1.82) is 0 Å². The lowest BCUT2D eigenvalue weighted by atomic mass is 9.99. The number of carbonyl (C=O) groups is 1. The highest BCUT2D eigenvalue weighted by atomic mass is 19.4. The fourth-order valence-electron chi connectivity index (χ4n) is 3.70. The number of piperidine rings is 2. The SMILES string of the molecule is O=C(c1ccc(C(F)(F)F)cc1)N1CCC(N2CCCCC2)CC1.